The number of benzene rings is 2. The molecule has 2 aromatic carbocycles. The first-order valence-corrected chi connectivity index (χ1v) is 11.7. The quantitative estimate of drug-likeness (QED) is 0.437. The lowest BCUT2D eigenvalue weighted by Crippen LogP contribution is -2.26. The number of imidazole rings is 1. The molecule has 2 aromatic heterocycles. The van der Waals surface area contributed by atoms with Crippen molar-refractivity contribution in [3.8, 4) is 0 Å². The minimum Gasteiger partial charge on any atom is -0.308 e. The van der Waals surface area contributed by atoms with Gasteiger partial charge in [-0.2, -0.15) is 9.61 Å². The van der Waals surface area contributed by atoms with E-state index >= 15 is 0 Å². The molecule has 178 valence electrons. The molecule has 2 aliphatic rings. The van der Waals surface area contributed by atoms with Gasteiger partial charge in [0.2, 0.25) is 0 Å². The van der Waals surface area contributed by atoms with Crippen LogP contribution in [0.3, 0.4) is 0 Å². The summed E-state index contributed by atoms with van der Waals surface area (Å²) in [6.45, 7) is 1.60. The summed E-state index contributed by atoms with van der Waals surface area (Å²) < 4.78 is 30.5. The van der Waals surface area contributed by atoms with Gasteiger partial charge in [-0.3, -0.25) is 10.2 Å². The van der Waals surface area contributed by atoms with Gasteiger partial charge in [0.05, 0.1) is 11.9 Å². The smallest absolute Gasteiger partial charge is 0.308 e. The third-order valence-electron chi connectivity index (χ3n) is 7.05. The Morgan fingerprint density at radius 1 is 1.03 bits per heavy atom. The van der Waals surface area contributed by atoms with Crippen molar-refractivity contribution in [2.24, 2.45) is 0 Å². The maximum absolute atomic E-state index is 14.8. The van der Waals surface area contributed by atoms with Crippen molar-refractivity contribution in [2.45, 2.75) is 30.7 Å². The van der Waals surface area contributed by atoms with Crippen molar-refractivity contribution in [1.82, 2.24) is 19.5 Å². The number of carbonyl (C=O) groups excluding carboxylic acids is 1. The Labute approximate surface area is 200 Å². The van der Waals surface area contributed by atoms with Gasteiger partial charge in [0, 0.05) is 30.1 Å². The number of para-hydroxylation sites is 1. The lowest BCUT2D eigenvalue weighted by molar-refractivity contribution is 0.262. The van der Waals surface area contributed by atoms with E-state index in [0.29, 0.717) is 29.3 Å². The van der Waals surface area contributed by atoms with Gasteiger partial charge in [0.1, 0.15) is 11.6 Å². The molecule has 35 heavy (non-hydrogen) atoms. The van der Waals surface area contributed by atoms with Crippen LogP contribution in [0.5, 0.6) is 0 Å². The molecule has 2 fully saturated rings. The van der Waals surface area contributed by atoms with Crippen LogP contribution in [0.4, 0.5) is 25.1 Å². The van der Waals surface area contributed by atoms with Crippen molar-refractivity contribution in [2.75, 3.05) is 23.7 Å². The largest absolute Gasteiger partial charge is 0.324 e. The van der Waals surface area contributed by atoms with Gasteiger partial charge in [-0.1, -0.05) is 18.2 Å². The number of halogens is 2. The Bertz CT molecular complexity index is 1390. The fourth-order valence-electron chi connectivity index (χ4n) is 5.56. The summed E-state index contributed by atoms with van der Waals surface area (Å²) in [6, 6.07) is 16.3. The van der Waals surface area contributed by atoms with Crippen LogP contribution in [0.2, 0.25) is 0 Å². The zero-order valence-electron chi connectivity index (χ0n) is 18.9. The number of fused-ring (bicyclic) bond motifs is 2. The highest BCUT2D eigenvalue weighted by molar-refractivity contribution is 5.99. The highest BCUT2D eigenvalue weighted by Crippen LogP contribution is 2.48. The van der Waals surface area contributed by atoms with Crippen LogP contribution >= 0.6 is 0 Å². The van der Waals surface area contributed by atoms with Crippen LogP contribution in [0, 0.1) is 11.6 Å². The van der Waals surface area contributed by atoms with Gasteiger partial charge >= 0.3 is 6.03 Å². The van der Waals surface area contributed by atoms with Gasteiger partial charge in [-0.25, -0.2) is 18.6 Å². The molecule has 4 heterocycles. The highest BCUT2D eigenvalue weighted by Gasteiger charge is 2.46. The molecule has 0 spiro atoms. The zero-order chi connectivity index (χ0) is 23.9. The van der Waals surface area contributed by atoms with Gasteiger partial charge in [-0.05, 0) is 67.4 Å². The van der Waals surface area contributed by atoms with E-state index in [1.165, 1.54) is 12.1 Å². The molecule has 2 amide bonds. The van der Waals surface area contributed by atoms with E-state index in [2.05, 4.69) is 20.5 Å². The van der Waals surface area contributed by atoms with Gasteiger partial charge in [-0.15, -0.1) is 0 Å². The number of nitrogens with zero attached hydrogens (tertiary/aromatic N) is 4. The van der Waals surface area contributed by atoms with Crippen molar-refractivity contribution < 1.29 is 13.6 Å². The molecule has 0 bridgehead atoms. The summed E-state index contributed by atoms with van der Waals surface area (Å²) in [5, 5.41) is 10.4. The Balaban J connectivity index is 1.34. The lowest BCUT2D eigenvalue weighted by atomic mass is 9.81. The predicted molar refractivity (Wildman–Crippen MR) is 129 cm³/mol. The second-order valence-electron chi connectivity index (χ2n) is 9.12. The van der Waals surface area contributed by atoms with Gasteiger partial charge in [0.15, 0.2) is 11.5 Å². The molecule has 0 aliphatic carbocycles. The molecule has 0 radical (unpaired) electrons. The molecule has 9 heteroatoms. The lowest BCUT2D eigenvalue weighted by Gasteiger charge is -2.23. The van der Waals surface area contributed by atoms with E-state index in [1.54, 1.807) is 22.8 Å². The van der Waals surface area contributed by atoms with Crippen LogP contribution in [0.25, 0.3) is 5.65 Å². The Kier molecular flexibility index (Phi) is 5.41. The van der Waals surface area contributed by atoms with Gasteiger partial charge < -0.3 is 5.32 Å². The standard InChI is InChI=1S/C26H24F2N6O/c27-16-8-9-20(28)18(13-16)19-15-33-12-4-7-22(33)25(19)21-10-11-23-29-14-24(34(23)32-21)31-26(35)30-17-5-2-1-3-6-17/h1-3,5-6,8-11,13-14,19,22,25H,4,7,12,15H2,(H2,30,31,35)/t19?,22?,25-/m0/s1. The maximum atomic E-state index is 14.8. The SMILES string of the molecule is O=C(Nc1ccccc1)Nc1cnc2ccc([C@@H]3C(c4cc(F)ccc4F)CN4CCCC34)nn12. The van der Waals surface area contributed by atoms with Crippen LogP contribution in [-0.2, 0) is 0 Å². The van der Waals surface area contributed by atoms with E-state index in [9.17, 15) is 13.6 Å². The van der Waals surface area contributed by atoms with Crippen LogP contribution in [0.1, 0.15) is 35.9 Å². The number of amides is 2. The molecule has 7 nitrogen and oxygen atoms in total. The fraction of sp³-hybridized carbons (Fsp3) is 0.269. The van der Waals surface area contributed by atoms with E-state index in [1.807, 2.05) is 30.3 Å². The zero-order valence-corrected chi connectivity index (χ0v) is 18.9. The first-order chi connectivity index (χ1) is 17.1. The second kappa shape index (κ2) is 8.74. The molecular weight excluding hydrogens is 450 g/mol. The maximum Gasteiger partial charge on any atom is 0.324 e. The van der Waals surface area contributed by atoms with E-state index in [0.717, 1.165) is 31.1 Å². The number of anilines is 2. The predicted octanol–water partition coefficient (Wildman–Crippen LogP) is 5.00. The Hall–Kier alpha value is -3.85. The summed E-state index contributed by atoms with van der Waals surface area (Å²) in [5.74, 6) is -0.744. The normalized spacial score (nSPS) is 21.8. The number of hydrogen-bond acceptors (Lipinski definition) is 4. The number of hydrogen-bond donors (Lipinski definition) is 2. The van der Waals surface area contributed by atoms with E-state index in [-0.39, 0.29) is 17.9 Å². The highest BCUT2D eigenvalue weighted by atomic mass is 19.1. The molecule has 0 saturated carbocycles. The van der Waals surface area contributed by atoms with Crippen molar-refractivity contribution >= 4 is 23.2 Å². The number of aromatic nitrogens is 3. The van der Waals surface area contributed by atoms with Gasteiger partial charge in [0.25, 0.3) is 0 Å². The third kappa shape index (κ3) is 4.01. The first kappa shape index (κ1) is 21.7. The van der Waals surface area contributed by atoms with Crippen molar-refractivity contribution in [3.63, 3.8) is 0 Å². The first-order valence-electron chi connectivity index (χ1n) is 11.7. The summed E-state index contributed by atoms with van der Waals surface area (Å²) in [7, 11) is 0. The monoisotopic (exact) mass is 474 g/mol. The average Bonchev–Trinajstić information content (AvgIpc) is 3.56. The van der Waals surface area contributed by atoms with Crippen LogP contribution < -0.4 is 10.6 Å². The topological polar surface area (TPSA) is 74.6 Å². The second-order valence-corrected chi connectivity index (χ2v) is 9.12. The van der Waals surface area contributed by atoms with E-state index < -0.39 is 17.7 Å². The number of nitrogens with one attached hydrogen (secondary N) is 2. The van der Waals surface area contributed by atoms with Crippen LogP contribution in [-0.4, -0.2) is 44.7 Å². The minimum absolute atomic E-state index is 0.105. The average molecular weight is 475 g/mol. The molecule has 2 saturated heterocycles. The fourth-order valence-corrected chi connectivity index (χ4v) is 5.56. The Morgan fingerprint density at radius 3 is 2.74 bits per heavy atom. The van der Waals surface area contributed by atoms with Crippen molar-refractivity contribution in [3.05, 3.63) is 89.8 Å². The van der Waals surface area contributed by atoms with E-state index in [4.69, 9.17) is 5.10 Å². The Morgan fingerprint density at radius 2 is 1.89 bits per heavy atom. The number of carbonyl (C=O) groups is 1. The molecular formula is C26H24F2N6O. The summed E-state index contributed by atoms with van der Waals surface area (Å²) in [6.07, 6.45) is 3.60. The molecule has 2 aliphatic heterocycles. The number of rotatable bonds is 4. The van der Waals surface area contributed by atoms with Crippen molar-refractivity contribution in [1.29, 1.82) is 0 Å². The molecule has 2 N–H and O–H groups in total. The number of urea groups is 1. The summed E-state index contributed by atoms with van der Waals surface area (Å²) in [4.78, 5) is 19.3. The molecule has 4 aromatic rings. The minimum atomic E-state index is -0.443. The summed E-state index contributed by atoms with van der Waals surface area (Å²) in [5.41, 5.74) is 2.40. The van der Waals surface area contributed by atoms with Crippen LogP contribution in [0.15, 0.2) is 66.9 Å². The molecule has 3 atom stereocenters. The molecule has 2 unspecified atom stereocenters. The summed E-state index contributed by atoms with van der Waals surface area (Å²) >= 11 is 0. The third-order valence-corrected chi connectivity index (χ3v) is 7.05. The molecule has 6 rings (SSSR count).